The van der Waals surface area contributed by atoms with Crippen LogP contribution in [0.15, 0.2) is 71.6 Å². The normalized spacial score (nSPS) is 11.0. The molecule has 3 aromatic rings. The molecule has 0 aliphatic carbocycles. The van der Waals surface area contributed by atoms with E-state index in [2.05, 4.69) is 10.0 Å². The first-order valence-corrected chi connectivity index (χ1v) is 11.0. The van der Waals surface area contributed by atoms with E-state index in [1.807, 2.05) is 32.0 Å². The minimum atomic E-state index is -3.81. The van der Waals surface area contributed by atoms with Gasteiger partial charge in [-0.3, -0.25) is 9.52 Å². The Balaban J connectivity index is 1.61. The van der Waals surface area contributed by atoms with E-state index in [4.69, 9.17) is 16.3 Å². The lowest BCUT2D eigenvalue weighted by atomic mass is 10.1. The molecule has 6 nitrogen and oxygen atoms in total. The number of aryl methyl sites for hydroxylation is 2. The molecule has 156 valence electrons. The lowest BCUT2D eigenvalue weighted by Gasteiger charge is -2.12. The Labute approximate surface area is 180 Å². The highest BCUT2D eigenvalue weighted by molar-refractivity contribution is 7.92. The van der Waals surface area contributed by atoms with Crippen LogP contribution in [-0.4, -0.2) is 20.9 Å². The molecule has 30 heavy (non-hydrogen) atoms. The van der Waals surface area contributed by atoms with Crippen LogP contribution in [0.2, 0.25) is 5.02 Å². The Kier molecular flexibility index (Phi) is 6.64. The highest BCUT2D eigenvalue weighted by atomic mass is 35.5. The molecule has 1 amide bonds. The fourth-order valence-electron chi connectivity index (χ4n) is 2.67. The van der Waals surface area contributed by atoms with Crippen molar-refractivity contribution in [2.75, 3.05) is 16.6 Å². The molecular formula is C22H21ClN2O4S. The number of nitrogens with one attached hydrogen (secondary N) is 2. The number of halogens is 1. The Morgan fingerprint density at radius 1 is 1.00 bits per heavy atom. The molecule has 0 aliphatic rings. The van der Waals surface area contributed by atoms with Crippen molar-refractivity contribution in [2.24, 2.45) is 0 Å². The zero-order valence-electron chi connectivity index (χ0n) is 16.5. The second-order valence-corrected chi connectivity index (χ2v) is 8.81. The maximum atomic E-state index is 12.5. The summed E-state index contributed by atoms with van der Waals surface area (Å²) >= 11 is 6.01. The van der Waals surface area contributed by atoms with E-state index in [9.17, 15) is 13.2 Å². The number of hydrogen-bond acceptors (Lipinski definition) is 4. The Morgan fingerprint density at radius 3 is 2.40 bits per heavy atom. The van der Waals surface area contributed by atoms with Crippen LogP contribution in [0.25, 0.3) is 0 Å². The maximum Gasteiger partial charge on any atom is 0.262 e. The van der Waals surface area contributed by atoms with Gasteiger partial charge in [-0.1, -0.05) is 35.9 Å². The van der Waals surface area contributed by atoms with Crippen LogP contribution in [0, 0.1) is 13.8 Å². The van der Waals surface area contributed by atoms with Crippen molar-refractivity contribution < 1.29 is 17.9 Å². The van der Waals surface area contributed by atoms with Gasteiger partial charge >= 0.3 is 0 Å². The van der Waals surface area contributed by atoms with E-state index in [0.29, 0.717) is 22.1 Å². The molecule has 2 N–H and O–H groups in total. The number of amides is 1. The van der Waals surface area contributed by atoms with Gasteiger partial charge in [0.25, 0.3) is 15.9 Å². The number of benzene rings is 3. The van der Waals surface area contributed by atoms with Crippen molar-refractivity contribution in [1.29, 1.82) is 0 Å². The highest BCUT2D eigenvalue weighted by Crippen LogP contribution is 2.24. The molecule has 8 heteroatoms. The van der Waals surface area contributed by atoms with Crippen LogP contribution in [0.1, 0.15) is 11.1 Å². The summed E-state index contributed by atoms with van der Waals surface area (Å²) in [6, 6.07) is 18.2. The van der Waals surface area contributed by atoms with Crippen LogP contribution in [0.4, 0.5) is 11.4 Å². The third-order valence-corrected chi connectivity index (χ3v) is 5.98. The third-order valence-electron chi connectivity index (χ3n) is 4.27. The predicted molar refractivity (Wildman–Crippen MR) is 119 cm³/mol. The van der Waals surface area contributed by atoms with Gasteiger partial charge < -0.3 is 10.1 Å². The molecule has 0 bridgehead atoms. The summed E-state index contributed by atoms with van der Waals surface area (Å²) in [4.78, 5) is 12.2. The van der Waals surface area contributed by atoms with Crippen LogP contribution < -0.4 is 14.8 Å². The smallest absolute Gasteiger partial charge is 0.262 e. The summed E-state index contributed by atoms with van der Waals surface area (Å²) < 4.78 is 33.1. The van der Waals surface area contributed by atoms with Crippen molar-refractivity contribution in [2.45, 2.75) is 18.7 Å². The van der Waals surface area contributed by atoms with E-state index in [0.717, 1.165) is 11.1 Å². The number of para-hydroxylation sites is 1. The summed E-state index contributed by atoms with van der Waals surface area (Å²) in [7, 11) is -3.81. The number of anilines is 2. The standard InChI is InChI=1S/C22H21ClN2O4S/c1-15-7-8-16(2)21(13-15)29-14-22(26)24-17-9-11-18(12-10-17)30(27,28)25-20-6-4-3-5-19(20)23/h3-13,25H,14H2,1-2H3,(H,24,26). The Hall–Kier alpha value is -3.03. The number of carbonyl (C=O) groups is 1. The first-order valence-electron chi connectivity index (χ1n) is 9.12. The topological polar surface area (TPSA) is 84.5 Å². The maximum absolute atomic E-state index is 12.5. The van der Waals surface area contributed by atoms with E-state index < -0.39 is 10.0 Å². The van der Waals surface area contributed by atoms with Gasteiger partial charge in [0, 0.05) is 5.69 Å². The second-order valence-electron chi connectivity index (χ2n) is 6.72. The molecule has 0 aliphatic heterocycles. The van der Waals surface area contributed by atoms with Gasteiger partial charge in [-0.05, 0) is 67.4 Å². The number of carbonyl (C=O) groups excluding carboxylic acids is 1. The van der Waals surface area contributed by atoms with Crippen molar-refractivity contribution in [3.8, 4) is 5.75 Å². The highest BCUT2D eigenvalue weighted by Gasteiger charge is 2.16. The van der Waals surface area contributed by atoms with Crippen LogP contribution in [-0.2, 0) is 14.8 Å². The van der Waals surface area contributed by atoms with Gasteiger partial charge in [-0.15, -0.1) is 0 Å². The summed E-state index contributed by atoms with van der Waals surface area (Å²) in [5.74, 6) is 0.304. The second kappa shape index (κ2) is 9.19. The first-order chi connectivity index (χ1) is 14.2. The van der Waals surface area contributed by atoms with Crippen molar-refractivity contribution in [3.05, 3.63) is 82.9 Å². The number of rotatable bonds is 7. The fraction of sp³-hybridized carbons (Fsp3) is 0.136. The van der Waals surface area contributed by atoms with Crippen LogP contribution in [0.3, 0.4) is 0 Å². The Morgan fingerprint density at radius 2 is 1.70 bits per heavy atom. The summed E-state index contributed by atoms with van der Waals surface area (Å²) in [6.45, 7) is 3.70. The molecule has 3 rings (SSSR count). The molecule has 0 spiro atoms. The van der Waals surface area contributed by atoms with E-state index >= 15 is 0 Å². The number of hydrogen-bond donors (Lipinski definition) is 2. The van der Waals surface area contributed by atoms with Gasteiger partial charge in [0.15, 0.2) is 6.61 Å². The minimum absolute atomic E-state index is 0.0482. The fourth-order valence-corrected chi connectivity index (χ4v) is 3.99. The zero-order valence-corrected chi connectivity index (χ0v) is 18.0. The predicted octanol–water partition coefficient (Wildman–Crippen LogP) is 4.78. The largest absolute Gasteiger partial charge is 0.483 e. The monoisotopic (exact) mass is 444 g/mol. The summed E-state index contributed by atoms with van der Waals surface area (Å²) in [5.41, 5.74) is 2.73. The van der Waals surface area contributed by atoms with Gasteiger partial charge in [0.05, 0.1) is 15.6 Å². The lowest BCUT2D eigenvalue weighted by molar-refractivity contribution is -0.118. The summed E-state index contributed by atoms with van der Waals surface area (Å²) in [6.07, 6.45) is 0. The quantitative estimate of drug-likeness (QED) is 0.549. The van der Waals surface area contributed by atoms with E-state index in [1.54, 1.807) is 24.3 Å². The third kappa shape index (κ3) is 5.52. The molecule has 3 aromatic carbocycles. The van der Waals surface area contributed by atoms with Crippen LogP contribution >= 0.6 is 11.6 Å². The average molecular weight is 445 g/mol. The molecule has 0 heterocycles. The molecular weight excluding hydrogens is 424 g/mol. The van der Waals surface area contributed by atoms with Crippen molar-refractivity contribution >= 4 is 38.9 Å². The Bertz CT molecular complexity index is 1160. The first kappa shape index (κ1) is 21.7. The minimum Gasteiger partial charge on any atom is -0.483 e. The van der Waals surface area contributed by atoms with Crippen molar-refractivity contribution in [1.82, 2.24) is 0 Å². The zero-order chi connectivity index (χ0) is 21.7. The number of sulfonamides is 1. The van der Waals surface area contributed by atoms with E-state index in [-0.39, 0.29) is 17.4 Å². The molecule has 0 unspecified atom stereocenters. The molecule has 0 atom stereocenters. The molecule has 0 radical (unpaired) electrons. The molecule has 0 saturated heterocycles. The van der Waals surface area contributed by atoms with Gasteiger partial charge in [0.2, 0.25) is 0 Å². The van der Waals surface area contributed by atoms with Crippen LogP contribution in [0.5, 0.6) is 5.75 Å². The van der Waals surface area contributed by atoms with Gasteiger partial charge in [-0.25, -0.2) is 8.42 Å². The SMILES string of the molecule is Cc1ccc(C)c(OCC(=O)Nc2ccc(S(=O)(=O)Nc3ccccc3Cl)cc2)c1. The molecule has 0 fully saturated rings. The average Bonchev–Trinajstić information content (AvgIpc) is 2.71. The van der Waals surface area contributed by atoms with Gasteiger partial charge in [0.1, 0.15) is 5.75 Å². The molecule has 0 saturated carbocycles. The van der Waals surface area contributed by atoms with Crippen molar-refractivity contribution in [3.63, 3.8) is 0 Å². The molecule has 0 aromatic heterocycles. The van der Waals surface area contributed by atoms with E-state index in [1.165, 1.54) is 24.3 Å². The number of ether oxygens (including phenoxy) is 1. The lowest BCUT2D eigenvalue weighted by Crippen LogP contribution is -2.20. The summed E-state index contributed by atoms with van der Waals surface area (Å²) in [5, 5.41) is 2.98. The van der Waals surface area contributed by atoms with Gasteiger partial charge in [-0.2, -0.15) is 0 Å².